The van der Waals surface area contributed by atoms with Crippen LogP contribution in [-0.4, -0.2) is 23.5 Å². The number of amides is 1. The molecule has 0 aliphatic heterocycles. The van der Waals surface area contributed by atoms with Gasteiger partial charge in [-0.15, -0.1) is 0 Å². The molecule has 0 unspecified atom stereocenters. The molecule has 0 atom stereocenters. The molecule has 0 saturated heterocycles. The number of carbonyl (C=O) groups is 1. The first-order valence-electron chi connectivity index (χ1n) is 6.36. The van der Waals surface area contributed by atoms with Crippen molar-refractivity contribution < 1.29 is 9.18 Å². The molecule has 0 fully saturated rings. The summed E-state index contributed by atoms with van der Waals surface area (Å²) in [5.41, 5.74) is 6.18. The Balaban J connectivity index is 2.77. The summed E-state index contributed by atoms with van der Waals surface area (Å²) in [7, 11) is 0. The number of halogens is 1. The van der Waals surface area contributed by atoms with Crippen molar-refractivity contribution >= 4 is 23.4 Å². The number of nitrogens with one attached hydrogen (secondary N) is 1. The summed E-state index contributed by atoms with van der Waals surface area (Å²) < 4.78 is 13.2. The van der Waals surface area contributed by atoms with Crippen molar-refractivity contribution in [3.63, 3.8) is 0 Å². The van der Waals surface area contributed by atoms with Crippen LogP contribution in [0.15, 0.2) is 18.2 Å². The van der Waals surface area contributed by atoms with Crippen LogP contribution in [0.4, 0.5) is 10.1 Å². The molecule has 19 heavy (non-hydrogen) atoms. The minimum Gasteiger partial charge on any atom is -0.398 e. The van der Waals surface area contributed by atoms with Gasteiger partial charge >= 0.3 is 0 Å². The summed E-state index contributed by atoms with van der Waals surface area (Å²) in [6, 6.07) is 3.82. The second-order valence-electron chi connectivity index (χ2n) is 4.51. The number of hydrogen-bond donors (Lipinski definition) is 2. The molecule has 0 heterocycles. The summed E-state index contributed by atoms with van der Waals surface area (Å²) >= 11 is 1.74. The molecule has 0 saturated carbocycles. The second kappa shape index (κ2) is 6.80. The minimum absolute atomic E-state index is 0.0255. The van der Waals surface area contributed by atoms with Gasteiger partial charge in [0.15, 0.2) is 0 Å². The molecular formula is C14H21FN2OS. The third-order valence-electron chi connectivity index (χ3n) is 3.55. The number of nitrogen functional groups attached to an aromatic ring is 1. The van der Waals surface area contributed by atoms with Crippen LogP contribution in [-0.2, 0) is 0 Å². The molecule has 106 valence electrons. The lowest BCUT2D eigenvalue weighted by molar-refractivity contribution is 0.0949. The first-order chi connectivity index (χ1) is 8.98. The van der Waals surface area contributed by atoms with E-state index < -0.39 is 5.82 Å². The Morgan fingerprint density at radius 3 is 2.58 bits per heavy atom. The third-order valence-corrected chi connectivity index (χ3v) is 5.14. The molecule has 0 spiro atoms. The van der Waals surface area contributed by atoms with Gasteiger partial charge in [0, 0.05) is 17.0 Å². The predicted molar refractivity (Wildman–Crippen MR) is 80.0 cm³/mol. The van der Waals surface area contributed by atoms with Crippen LogP contribution in [0.1, 0.15) is 37.0 Å². The Morgan fingerprint density at radius 1 is 1.42 bits per heavy atom. The van der Waals surface area contributed by atoms with Gasteiger partial charge in [-0.05, 0) is 37.3 Å². The van der Waals surface area contributed by atoms with Crippen LogP contribution < -0.4 is 11.1 Å². The smallest absolute Gasteiger partial charge is 0.253 e. The SMILES string of the molecule is CCC(CC)(CNC(=O)c1cc(F)ccc1N)SC. The van der Waals surface area contributed by atoms with E-state index in [9.17, 15) is 9.18 Å². The number of nitrogens with two attached hydrogens (primary N) is 1. The molecule has 0 bridgehead atoms. The van der Waals surface area contributed by atoms with E-state index in [0.717, 1.165) is 12.8 Å². The number of anilines is 1. The number of rotatable bonds is 6. The monoisotopic (exact) mass is 284 g/mol. The van der Waals surface area contributed by atoms with E-state index in [2.05, 4.69) is 19.2 Å². The number of thioether (sulfide) groups is 1. The molecule has 1 amide bonds. The van der Waals surface area contributed by atoms with Crippen molar-refractivity contribution in [2.24, 2.45) is 0 Å². The minimum atomic E-state index is -0.457. The van der Waals surface area contributed by atoms with Crippen molar-refractivity contribution in [1.29, 1.82) is 0 Å². The van der Waals surface area contributed by atoms with Crippen LogP contribution >= 0.6 is 11.8 Å². The van der Waals surface area contributed by atoms with Crippen LogP contribution in [0.5, 0.6) is 0 Å². The zero-order valence-corrected chi connectivity index (χ0v) is 12.4. The van der Waals surface area contributed by atoms with Crippen molar-refractivity contribution in [2.45, 2.75) is 31.4 Å². The quantitative estimate of drug-likeness (QED) is 0.789. The zero-order chi connectivity index (χ0) is 14.5. The van der Waals surface area contributed by atoms with E-state index in [1.165, 1.54) is 18.2 Å². The van der Waals surface area contributed by atoms with Gasteiger partial charge in [0.25, 0.3) is 5.91 Å². The highest BCUT2D eigenvalue weighted by Crippen LogP contribution is 2.29. The highest BCUT2D eigenvalue weighted by atomic mass is 32.2. The van der Waals surface area contributed by atoms with Gasteiger partial charge in [-0.25, -0.2) is 4.39 Å². The summed E-state index contributed by atoms with van der Waals surface area (Å²) in [6.07, 6.45) is 3.96. The first-order valence-corrected chi connectivity index (χ1v) is 7.59. The summed E-state index contributed by atoms with van der Waals surface area (Å²) in [5, 5.41) is 2.85. The van der Waals surface area contributed by atoms with E-state index in [1.807, 2.05) is 6.26 Å². The van der Waals surface area contributed by atoms with Gasteiger partial charge in [-0.2, -0.15) is 11.8 Å². The Morgan fingerprint density at radius 2 is 2.05 bits per heavy atom. The van der Waals surface area contributed by atoms with Gasteiger partial charge in [-0.1, -0.05) is 13.8 Å². The fraction of sp³-hybridized carbons (Fsp3) is 0.500. The molecule has 0 aromatic heterocycles. The second-order valence-corrected chi connectivity index (χ2v) is 5.78. The molecule has 5 heteroatoms. The van der Waals surface area contributed by atoms with E-state index in [1.54, 1.807) is 11.8 Å². The van der Waals surface area contributed by atoms with Crippen LogP contribution in [0, 0.1) is 5.82 Å². The van der Waals surface area contributed by atoms with Gasteiger partial charge in [0.2, 0.25) is 0 Å². The normalized spacial score (nSPS) is 11.4. The molecule has 0 aliphatic carbocycles. The molecular weight excluding hydrogens is 263 g/mol. The van der Waals surface area contributed by atoms with E-state index in [0.29, 0.717) is 12.2 Å². The standard InChI is InChI=1S/C14H21FN2OS/c1-4-14(5-2,19-3)9-17-13(18)11-8-10(15)6-7-12(11)16/h6-8H,4-5,9,16H2,1-3H3,(H,17,18). The van der Waals surface area contributed by atoms with Crippen molar-refractivity contribution in [2.75, 3.05) is 18.5 Å². The molecule has 1 rings (SSSR count). The van der Waals surface area contributed by atoms with Crippen molar-refractivity contribution in [3.8, 4) is 0 Å². The molecule has 0 radical (unpaired) electrons. The maximum atomic E-state index is 13.1. The Bertz CT molecular complexity index is 439. The fourth-order valence-corrected chi connectivity index (χ4v) is 2.72. The van der Waals surface area contributed by atoms with Gasteiger partial charge in [0.1, 0.15) is 5.82 Å². The summed E-state index contributed by atoms with van der Waals surface area (Å²) in [6.45, 7) is 4.75. The predicted octanol–water partition coefficient (Wildman–Crippen LogP) is 3.06. The van der Waals surface area contributed by atoms with Crippen LogP contribution in [0.2, 0.25) is 0 Å². The van der Waals surface area contributed by atoms with Crippen molar-refractivity contribution in [3.05, 3.63) is 29.6 Å². The molecule has 0 aliphatic rings. The van der Waals surface area contributed by atoms with Crippen molar-refractivity contribution in [1.82, 2.24) is 5.32 Å². The summed E-state index contributed by atoms with van der Waals surface area (Å²) in [5.74, 6) is -0.779. The van der Waals surface area contributed by atoms with E-state index in [-0.39, 0.29) is 16.2 Å². The highest BCUT2D eigenvalue weighted by Gasteiger charge is 2.25. The molecule has 1 aromatic carbocycles. The molecule has 1 aromatic rings. The molecule has 3 N–H and O–H groups in total. The topological polar surface area (TPSA) is 55.1 Å². The van der Waals surface area contributed by atoms with E-state index >= 15 is 0 Å². The lowest BCUT2D eigenvalue weighted by atomic mass is 10.0. The lowest BCUT2D eigenvalue weighted by Crippen LogP contribution is -2.39. The van der Waals surface area contributed by atoms with Gasteiger partial charge < -0.3 is 11.1 Å². The number of carbonyl (C=O) groups excluding carboxylic acids is 1. The average molecular weight is 284 g/mol. The Hall–Kier alpha value is -1.23. The maximum Gasteiger partial charge on any atom is 0.253 e. The van der Waals surface area contributed by atoms with Gasteiger partial charge in [0.05, 0.1) is 5.56 Å². The highest BCUT2D eigenvalue weighted by molar-refractivity contribution is 8.00. The summed E-state index contributed by atoms with van der Waals surface area (Å²) in [4.78, 5) is 12.0. The lowest BCUT2D eigenvalue weighted by Gasteiger charge is -2.29. The maximum absolute atomic E-state index is 13.1. The van der Waals surface area contributed by atoms with Crippen LogP contribution in [0.25, 0.3) is 0 Å². The Labute approximate surface area is 118 Å². The first kappa shape index (κ1) is 15.8. The average Bonchev–Trinajstić information content (AvgIpc) is 2.43. The van der Waals surface area contributed by atoms with E-state index in [4.69, 9.17) is 5.73 Å². The number of benzene rings is 1. The zero-order valence-electron chi connectivity index (χ0n) is 11.6. The molecule has 3 nitrogen and oxygen atoms in total. The van der Waals surface area contributed by atoms with Crippen LogP contribution in [0.3, 0.4) is 0 Å². The van der Waals surface area contributed by atoms with Gasteiger partial charge in [-0.3, -0.25) is 4.79 Å². The fourth-order valence-electron chi connectivity index (χ4n) is 1.92. The number of hydrogen-bond acceptors (Lipinski definition) is 3. The third kappa shape index (κ3) is 3.86. The Kier molecular flexibility index (Phi) is 5.66. The largest absolute Gasteiger partial charge is 0.398 e.